The van der Waals surface area contributed by atoms with Crippen molar-refractivity contribution >= 4 is 28.2 Å². The number of hydrogen-bond acceptors (Lipinski definition) is 6. The number of carbonyl (C=O) groups excluding carboxylic acids is 1. The maximum atomic E-state index is 12.4. The van der Waals surface area contributed by atoms with Crippen LogP contribution < -0.4 is 10.2 Å². The Morgan fingerprint density at radius 1 is 1.03 bits per heavy atom. The molecule has 7 heteroatoms. The summed E-state index contributed by atoms with van der Waals surface area (Å²) in [5.74, 6) is 0.980. The van der Waals surface area contributed by atoms with Gasteiger partial charge in [0.2, 0.25) is 0 Å². The number of amides is 1. The molecule has 1 N–H and O–H groups in total. The summed E-state index contributed by atoms with van der Waals surface area (Å²) < 4.78 is 0. The second-order valence-corrected chi connectivity index (χ2v) is 8.90. The van der Waals surface area contributed by atoms with Crippen molar-refractivity contribution in [3.05, 3.63) is 70.9 Å². The van der Waals surface area contributed by atoms with Crippen LogP contribution in [0.2, 0.25) is 0 Å². The minimum absolute atomic E-state index is 0.0936. The molecule has 0 saturated carbocycles. The molecule has 2 aliphatic rings. The normalized spacial score (nSPS) is 19.3. The summed E-state index contributed by atoms with van der Waals surface area (Å²) in [5, 5.41) is 3.69. The predicted molar refractivity (Wildman–Crippen MR) is 120 cm³/mol. The number of thiazole rings is 1. The van der Waals surface area contributed by atoms with Crippen molar-refractivity contribution in [2.45, 2.75) is 25.3 Å². The smallest absolute Gasteiger partial charge is 0.257 e. The molecule has 1 amide bonds. The molecule has 0 spiro atoms. The van der Waals surface area contributed by atoms with E-state index in [0.29, 0.717) is 11.6 Å². The van der Waals surface area contributed by atoms with Crippen LogP contribution in [-0.4, -0.2) is 53.0 Å². The quantitative estimate of drug-likeness (QED) is 0.702. The van der Waals surface area contributed by atoms with Crippen molar-refractivity contribution in [2.24, 2.45) is 0 Å². The Balaban J connectivity index is 1.19. The maximum Gasteiger partial charge on any atom is 0.257 e. The molecule has 3 heterocycles. The molecule has 154 valence electrons. The minimum Gasteiger partial charge on any atom is -0.354 e. The van der Waals surface area contributed by atoms with E-state index < -0.39 is 0 Å². The highest BCUT2D eigenvalue weighted by Gasteiger charge is 2.29. The van der Waals surface area contributed by atoms with Crippen LogP contribution in [-0.2, 0) is 12.8 Å². The van der Waals surface area contributed by atoms with Crippen LogP contribution in [0.1, 0.15) is 27.3 Å². The van der Waals surface area contributed by atoms with Gasteiger partial charge in [-0.15, -0.1) is 11.3 Å². The Morgan fingerprint density at radius 2 is 1.83 bits per heavy atom. The summed E-state index contributed by atoms with van der Waals surface area (Å²) in [6.07, 6.45) is 5.00. The van der Waals surface area contributed by atoms with Gasteiger partial charge in [-0.2, -0.15) is 0 Å². The molecule has 1 saturated heterocycles. The molecule has 0 bridgehead atoms. The van der Waals surface area contributed by atoms with Gasteiger partial charge in [-0.3, -0.25) is 15.0 Å². The number of benzene rings is 1. The van der Waals surface area contributed by atoms with Gasteiger partial charge in [0.05, 0.1) is 5.69 Å². The van der Waals surface area contributed by atoms with Crippen LogP contribution in [0.4, 0.5) is 10.9 Å². The third-order valence-corrected chi connectivity index (χ3v) is 7.01. The van der Waals surface area contributed by atoms with Crippen LogP contribution in [0.3, 0.4) is 0 Å². The van der Waals surface area contributed by atoms with Crippen molar-refractivity contribution in [3.8, 4) is 0 Å². The number of pyridine rings is 1. The van der Waals surface area contributed by atoms with E-state index in [1.54, 1.807) is 11.3 Å². The van der Waals surface area contributed by atoms with E-state index in [-0.39, 0.29) is 5.91 Å². The predicted octanol–water partition coefficient (Wildman–Crippen LogP) is 3.47. The van der Waals surface area contributed by atoms with Gasteiger partial charge in [-0.25, -0.2) is 9.97 Å². The lowest BCUT2D eigenvalue weighted by Crippen LogP contribution is -2.51. The summed E-state index contributed by atoms with van der Waals surface area (Å²) >= 11 is 1.63. The summed E-state index contributed by atoms with van der Waals surface area (Å²) in [5.41, 5.74) is 1.82. The molecule has 1 atom stereocenters. The zero-order valence-electron chi connectivity index (χ0n) is 16.8. The lowest BCUT2D eigenvalue weighted by molar-refractivity contribution is 0.102. The molecular formula is C23H25N5OS. The minimum atomic E-state index is -0.0936. The van der Waals surface area contributed by atoms with Gasteiger partial charge in [-0.05, 0) is 43.5 Å². The van der Waals surface area contributed by atoms with Gasteiger partial charge < -0.3 is 4.90 Å². The van der Waals surface area contributed by atoms with Crippen molar-refractivity contribution in [2.75, 3.05) is 36.4 Å². The first kappa shape index (κ1) is 19.2. The van der Waals surface area contributed by atoms with Crippen molar-refractivity contribution in [1.29, 1.82) is 0 Å². The van der Waals surface area contributed by atoms with E-state index in [9.17, 15) is 4.79 Å². The SMILES string of the molecule is O=C(Nc1nc2c(s1)CC(N1CCN(c3ccccn3)CC1)CC2)c1ccccc1. The van der Waals surface area contributed by atoms with E-state index in [1.165, 1.54) is 4.88 Å². The van der Waals surface area contributed by atoms with Gasteiger partial charge in [-0.1, -0.05) is 24.3 Å². The summed E-state index contributed by atoms with van der Waals surface area (Å²) in [4.78, 5) is 27.9. The molecule has 1 unspecified atom stereocenters. The fourth-order valence-corrected chi connectivity index (χ4v) is 5.41. The number of hydrogen-bond donors (Lipinski definition) is 1. The Labute approximate surface area is 180 Å². The first-order valence-electron chi connectivity index (χ1n) is 10.5. The molecule has 5 rings (SSSR count). The summed E-state index contributed by atoms with van der Waals surface area (Å²) in [6, 6.07) is 16.0. The van der Waals surface area contributed by atoms with Crippen LogP contribution in [0.5, 0.6) is 0 Å². The van der Waals surface area contributed by atoms with E-state index in [1.807, 2.05) is 42.6 Å². The number of nitrogens with zero attached hydrogens (tertiary/aromatic N) is 4. The summed E-state index contributed by atoms with van der Waals surface area (Å²) in [6.45, 7) is 4.16. The lowest BCUT2D eigenvalue weighted by atomic mass is 9.96. The van der Waals surface area contributed by atoms with E-state index in [2.05, 4.69) is 32.2 Å². The fraction of sp³-hybridized carbons (Fsp3) is 0.348. The number of aromatic nitrogens is 2. The number of carbonyl (C=O) groups is 1. The van der Waals surface area contributed by atoms with E-state index in [0.717, 1.165) is 62.1 Å². The van der Waals surface area contributed by atoms with Crippen molar-refractivity contribution in [3.63, 3.8) is 0 Å². The molecule has 1 aliphatic carbocycles. The second kappa shape index (κ2) is 8.53. The lowest BCUT2D eigenvalue weighted by Gasteiger charge is -2.40. The molecule has 1 aliphatic heterocycles. The van der Waals surface area contributed by atoms with Crippen LogP contribution in [0.15, 0.2) is 54.7 Å². The maximum absolute atomic E-state index is 12.4. The van der Waals surface area contributed by atoms with Crippen molar-refractivity contribution in [1.82, 2.24) is 14.9 Å². The molecule has 30 heavy (non-hydrogen) atoms. The summed E-state index contributed by atoms with van der Waals surface area (Å²) in [7, 11) is 0. The van der Waals surface area contributed by atoms with Crippen molar-refractivity contribution < 1.29 is 4.79 Å². The zero-order chi connectivity index (χ0) is 20.3. The highest BCUT2D eigenvalue weighted by Crippen LogP contribution is 2.32. The average molecular weight is 420 g/mol. The molecule has 0 radical (unpaired) electrons. The van der Waals surface area contributed by atoms with E-state index in [4.69, 9.17) is 4.98 Å². The first-order chi connectivity index (χ1) is 14.8. The second-order valence-electron chi connectivity index (χ2n) is 7.82. The number of piperazine rings is 1. The Bertz CT molecular complexity index is 999. The molecule has 2 aromatic heterocycles. The third kappa shape index (κ3) is 4.08. The monoisotopic (exact) mass is 419 g/mol. The molecular weight excluding hydrogens is 394 g/mol. The first-order valence-corrected chi connectivity index (χ1v) is 11.3. The highest BCUT2D eigenvalue weighted by atomic mass is 32.1. The topological polar surface area (TPSA) is 61.4 Å². The molecule has 1 aromatic carbocycles. The van der Waals surface area contributed by atoms with Crippen LogP contribution >= 0.6 is 11.3 Å². The van der Waals surface area contributed by atoms with Gasteiger partial charge in [0.15, 0.2) is 5.13 Å². The largest absolute Gasteiger partial charge is 0.354 e. The number of fused-ring (bicyclic) bond motifs is 1. The molecule has 3 aromatic rings. The van der Waals surface area contributed by atoms with E-state index >= 15 is 0 Å². The Hall–Kier alpha value is -2.77. The standard InChI is InChI=1S/C23H25N5OS/c29-22(17-6-2-1-3-7-17)26-23-25-19-10-9-18(16-20(19)30-23)27-12-14-28(15-13-27)21-8-4-5-11-24-21/h1-8,11,18H,9-10,12-16H2,(H,25,26,29). The van der Waals surface area contributed by atoms with Gasteiger partial charge in [0, 0.05) is 48.9 Å². The molecule has 1 fully saturated rings. The third-order valence-electron chi connectivity index (χ3n) is 5.97. The van der Waals surface area contributed by atoms with Crippen LogP contribution in [0, 0.1) is 0 Å². The fourth-order valence-electron chi connectivity index (χ4n) is 4.34. The zero-order valence-corrected chi connectivity index (χ0v) is 17.6. The number of aryl methyl sites for hydroxylation is 1. The molecule has 6 nitrogen and oxygen atoms in total. The van der Waals surface area contributed by atoms with Crippen LogP contribution in [0.25, 0.3) is 0 Å². The Morgan fingerprint density at radius 3 is 2.60 bits per heavy atom. The van der Waals surface area contributed by atoms with Gasteiger partial charge >= 0.3 is 0 Å². The number of anilines is 2. The number of rotatable bonds is 4. The Kier molecular flexibility index (Phi) is 5.46. The average Bonchev–Trinajstić information content (AvgIpc) is 3.22. The number of nitrogens with one attached hydrogen (secondary N) is 1. The highest BCUT2D eigenvalue weighted by molar-refractivity contribution is 7.15. The van der Waals surface area contributed by atoms with Gasteiger partial charge in [0.1, 0.15) is 5.82 Å². The van der Waals surface area contributed by atoms with Gasteiger partial charge in [0.25, 0.3) is 5.91 Å².